The Kier molecular flexibility index (Phi) is 3.60. The van der Waals surface area contributed by atoms with Gasteiger partial charge in [0, 0.05) is 6.54 Å². The predicted molar refractivity (Wildman–Crippen MR) is 67.8 cm³/mol. The second kappa shape index (κ2) is 5.34. The summed E-state index contributed by atoms with van der Waals surface area (Å²) in [6.07, 6.45) is -0.375. The van der Waals surface area contributed by atoms with Gasteiger partial charge in [0.1, 0.15) is 0 Å². The summed E-state index contributed by atoms with van der Waals surface area (Å²) in [5.74, 6) is 0. The molecule has 0 saturated carbocycles. The lowest BCUT2D eigenvalue weighted by Gasteiger charge is -2.08. The molecule has 88 valence electrons. The van der Waals surface area contributed by atoms with Crippen LogP contribution in [-0.2, 0) is 11.3 Å². The molecule has 0 saturated heterocycles. The summed E-state index contributed by atoms with van der Waals surface area (Å²) in [7, 11) is 0. The van der Waals surface area contributed by atoms with Gasteiger partial charge in [-0.3, -0.25) is 0 Å². The van der Waals surface area contributed by atoms with Crippen LogP contribution in [0.3, 0.4) is 0 Å². The lowest BCUT2D eigenvalue weighted by atomic mass is 10.0. The van der Waals surface area contributed by atoms with Crippen molar-refractivity contribution in [1.29, 1.82) is 0 Å². The number of nitrogens with one attached hydrogen (secondary N) is 1. The third kappa shape index (κ3) is 2.75. The summed E-state index contributed by atoms with van der Waals surface area (Å²) >= 11 is 0. The Morgan fingerprint density at radius 1 is 1.18 bits per heavy atom. The van der Waals surface area contributed by atoms with Crippen LogP contribution in [0.4, 0.5) is 4.79 Å². The van der Waals surface area contributed by atoms with Crippen molar-refractivity contribution >= 4 is 16.9 Å². The minimum atomic E-state index is -0.375. The van der Waals surface area contributed by atoms with Gasteiger partial charge in [-0.25, -0.2) is 4.79 Å². The Hall–Kier alpha value is -2.03. The van der Waals surface area contributed by atoms with Crippen molar-refractivity contribution in [2.24, 2.45) is 0 Å². The number of carbonyl (C=O) groups is 1. The normalized spacial score (nSPS) is 10.2. The molecule has 3 nitrogen and oxygen atoms in total. The van der Waals surface area contributed by atoms with E-state index in [1.54, 1.807) is 6.92 Å². The van der Waals surface area contributed by atoms with Crippen LogP contribution in [0.5, 0.6) is 0 Å². The Bertz CT molecular complexity index is 517. The molecule has 1 amide bonds. The molecule has 2 aromatic carbocycles. The van der Waals surface area contributed by atoms with Crippen molar-refractivity contribution in [2.45, 2.75) is 13.5 Å². The zero-order valence-corrected chi connectivity index (χ0v) is 9.77. The molecule has 0 fully saturated rings. The van der Waals surface area contributed by atoms with Gasteiger partial charge in [-0.1, -0.05) is 42.5 Å². The molecule has 0 aromatic heterocycles. The van der Waals surface area contributed by atoms with E-state index in [2.05, 4.69) is 23.5 Å². The van der Waals surface area contributed by atoms with Crippen molar-refractivity contribution in [1.82, 2.24) is 5.32 Å². The quantitative estimate of drug-likeness (QED) is 0.878. The number of benzene rings is 2. The lowest BCUT2D eigenvalue weighted by Crippen LogP contribution is -2.23. The standard InChI is InChI=1S/C14H15NO2/c1-2-17-14(16)15-10-12-8-5-7-11-6-3-4-9-13(11)12/h3-9H,2,10H2,1H3,(H,15,16). The van der Waals surface area contributed by atoms with E-state index in [9.17, 15) is 4.79 Å². The number of rotatable bonds is 3. The molecule has 0 spiro atoms. The van der Waals surface area contributed by atoms with Crippen LogP contribution in [0, 0.1) is 0 Å². The minimum Gasteiger partial charge on any atom is -0.450 e. The highest BCUT2D eigenvalue weighted by Gasteiger charge is 2.03. The molecule has 0 aliphatic heterocycles. The van der Waals surface area contributed by atoms with Crippen LogP contribution in [0.1, 0.15) is 12.5 Å². The van der Waals surface area contributed by atoms with Gasteiger partial charge in [0.25, 0.3) is 0 Å². The van der Waals surface area contributed by atoms with Gasteiger partial charge in [-0.2, -0.15) is 0 Å². The van der Waals surface area contributed by atoms with Crippen molar-refractivity contribution in [3.05, 3.63) is 48.0 Å². The Morgan fingerprint density at radius 2 is 1.94 bits per heavy atom. The molecule has 2 rings (SSSR count). The van der Waals surface area contributed by atoms with Crippen molar-refractivity contribution in [2.75, 3.05) is 6.61 Å². The molecule has 0 aliphatic rings. The summed E-state index contributed by atoms with van der Waals surface area (Å²) in [5, 5.41) is 5.07. The number of hydrogen-bond acceptors (Lipinski definition) is 2. The second-order valence-electron chi connectivity index (χ2n) is 3.71. The van der Waals surface area contributed by atoms with E-state index in [0.717, 1.165) is 10.9 Å². The number of amides is 1. The summed E-state index contributed by atoms with van der Waals surface area (Å²) < 4.78 is 4.83. The van der Waals surface area contributed by atoms with E-state index in [1.807, 2.05) is 24.3 Å². The molecule has 0 aliphatic carbocycles. The number of carbonyl (C=O) groups excluding carboxylic acids is 1. The van der Waals surface area contributed by atoms with Crippen LogP contribution in [0.15, 0.2) is 42.5 Å². The monoisotopic (exact) mass is 229 g/mol. The molecule has 0 heterocycles. The molecule has 3 heteroatoms. The third-order valence-corrected chi connectivity index (χ3v) is 2.58. The van der Waals surface area contributed by atoms with Gasteiger partial charge in [0.15, 0.2) is 0 Å². The van der Waals surface area contributed by atoms with Gasteiger partial charge >= 0.3 is 6.09 Å². The molecule has 0 unspecified atom stereocenters. The number of hydrogen-bond donors (Lipinski definition) is 1. The van der Waals surface area contributed by atoms with Gasteiger partial charge in [-0.15, -0.1) is 0 Å². The highest BCUT2D eigenvalue weighted by molar-refractivity contribution is 5.85. The van der Waals surface area contributed by atoms with Gasteiger partial charge in [-0.05, 0) is 23.3 Å². The van der Waals surface area contributed by atoms with E-state index in [4.69, 9.17) is 4.74 Å². The first-order valence-electron chi connectivity index (χ1n) is 5.68. The minimum absolute atomic E-state index is 0.375. The Balaban J connectivity index is 2.16. The zero-order valence-electron chi connectivity index (χ0n) is 9.77. The SMILES string of the molecule is CCOC(=O)NCc1cccc2ccccc12. The largest absolute Gasteiger partial charge is 0.450 e. The van der Waals surface area contributed by atoms with E-state index < -0.39 is 0 Å². The van der Waals surface area contributed by atoms with Gasteiger partial charge in [0.2, 0.25) is 0 Å². The van der Waals surface area contributed by atoms with Crippen LogP contribution < -0.4 is 5.32 Å². The fraction of sp³-hybridized carbons (Fsp3) is 0.214. The molecule has 1 N–H and O–H groups in total. The maximum atomic E-state index is 11.2. The second-order valence-corrected chi connectivity index (χ2v) is 3.71. The maximum Gasteiger partial charge on any atom is 0.407 e. The zero-order chi connectivity index (χ0) is 12.1. The number of alkyl carbamates (subject to hydrolysis) is 1. The van der Waals surface area contributed by atoms with Crippen LogP contribution >= 0.6 is 0 Å². The van der Waals surface area contributed by atoms with E-state index in [1.165, 1.54) is 5.39 Å². The summed E-state index contributed by atoms with van der Waals surface area (Å²) in [6.45, 7) is 2.67. The first kappa shape index (κ1) is 11.5. The number of ether oxygens (including phenoxy) is 1. The molecule has 0 radical (unpaired) electrons. The summed E-state index contributed by atoms with van der Waals surface area (Å²) in [6, 6.07) is 14.2. The Labute approximate surface area is 100 Å². The third-order valence-electron chi connectivity index (χ3n) is 2.58. The predicted octanol–water partition coefficient (Wildman–Crippen LogP) is 3.09. The fourth-order valence-corrected chi connectivity index (χ4v) is 1.80. The first-order valence-corrected chi connectivity index (χ1v) is 5.68. The van der Waals surface area contributed by atoms with Crippen molar-refractivity contribution in [3.63, 3.8) is 0 Å². The fourth-order valence-electron chi connectivity index (χ4n) is 1.80. The molecule has 17 heavy (non-hydrogen) atoms. The lowest BCUT2D eigenvalue weighted by molar-refractivity contribution is 0.151. The smallest absolute Gasteiger partial charge is 0.407 e. The molecule has 0 atom stereocenters. The molecule has 0 bridgehead atoms. The average molecular weight is 229 g/mol. The van der Waals surface area contributed by atoms with E-state index >= 15 is 0 Å². The van der Waals surface area contributed by atoms with Crippen LogP contribution in [0.25, 0.3) is 10.8 Å². The first-order chi connectivity index (χ1) is 8.31. The van der Waals surface area contributed by atoms with E-state index in [0.29, 0.717) is 13.2 Å². The maximum absolute atomic E-state index is 11.2. The topological polar surface area (TPSA) is 38.3 Å². The average Bonchev–Trinajstić information content (AvgIpc) is 2.36. The highest BCUT2D eigenvalue weighted by atomic mass is 16.5. The van der Waals surface area contributed by atoms with Crippen molar-refractivity contribution < 1.29 is 9.53 Å². The van der Waals surface area contributed by atoms with E-state index in [-0.39, 0.29) is 6.09 Å². The molecular formula is C14H15NO2. The molecular weight excluding hydrogens is 214 g/mol. The van der Waals surface area contributed by atoms with Crippen LogP contribution in [0.2, 0.25) is 0 Å². The molecule has 2 aromatic rings. The van der Waals surface area contributed by atoms with Crippen molar-refractivity contribution in [3.8, 4) is 0 Å². The van der Waals surface area contributed by atoms with Crippen LogP contribution in [-0.4, -0.2) is 12.7 Å². The van der Waals surface area contributed by atoms with Gasteiger partial charge < -0.3 is 10.1 Å². The Morgan fingerprint density at radius 3 is 2.76 bits per heavy atom. The summed E-state index contributed by atoms with van der Waals surface area (Å²) in [5.41, 5.74) is 1.09. The van der Waals surface area contributed by atoms with Gasteiger partial charge in [0.05, 0.1) is 6.61 Å². The highest BCUT2D eigenvalue weighted by Crippen LogP contribution is 2.18. The summed E-state index contributed by atoms with van der Waals surface area (Å²) in [4.78, 5) is 11.2. The number of fused-ring (bicyclic) bond motifs is 1.